The Morgan fingerprint density at radius 3 is 2.50 bits per heavy atom. The molecule has 1 N–H and O–H groups in total. The van der Waals surface area contributed by atoms with Gasteiger partial charge in [-0.1, -0.05) is 30.3 Å². The van der Waals surface area contributed by atoms with Gasteiger partial charge in [0.2, 0.25) is 0 Å². The molecule has 0 spiro atoms. The van der Waals surface area contributed by atoms with E-state index in [9.17, 15) is 14.4 Å². The van der Waals surface area contributed by atoms with Crippen molar-refractivity contribution in [2.45, 2.75) is 6.42 Å². The molecule has 0 saturated heterocycles. The first-order valence-corrected chi connectivity index (χ1v) is 8.53. The van der Waals surface area contributed by atoms with Crippen molar-refractivity contribution >= 4 is 28.3 Å². The standard InChI is InChI=1S/C20H19N3O5/c1-23-20(26)14-8-4-3-7-13(14)16(22-23)11-19(25)28-12-18(24)21-15-9-5-6-10-17(15)27-2/h3-10H,11-12H2,1-2H3,(H,21,24). The van der Waals surface area contributed by atoms with Gasteiger partial charge in [0.1, 0.15) is 5.75 Å². The van der Waals surface area contributed by atoms with E-state index in [2.05, 4.69) is 10.4 Å². The smallest absolute Gasteiger partial charge is 0.312 e. The lowest BCUT2D eigenvalue weighted by molar-refractivity contribution is -0.146. The van der Waals surface area contributed by atoms with E-state index in [0.29, 0.717) is 27.9 Å². The second-order valence-corrected chi connectivity index (χ2v) is 6.01. The zero-order valence-electron chi connectivity index (χ0n) is 15.5. The van der Waals surface area contributed by atoms with Crippen molar-refractivity contribution in [3.05, 3.63) is 64.6 Å². The highest BCUT2D eigenvalue weighted by atomic mass is 16.5. The number of nitrogens with one attached hydrogen (secondary N) is 1. The normalized spacial score (nSPS) is 10.5. The molecule has 0 aliphatic rings. The molecule has 8 heteroatoms. The van der Waals surface area contributed by atoms with Crippen molar-refractivity contribution in [3.63, 3.8) is 0 Å². The first kappa shape index (κ1) is 19.1. The second-order valence-electron chi connectivity index (χ2n) is 6.01. The number of hydrogen-bond acceptors (Lipinski definition) is 6. The Labute approximate surface area is 160 Å². The van der Waals surface area contributed by atoms with Crippen LogP contribution in [0.3, 0.4) is 0 Å². The number of fused-ring (bicyclic) bond motifs is 1. The van der Waals surface area contributed by atoms with Crippen LogP contribution in [0.2, 0.25) is 0 Å². The Balaban J connectivity index is 1.65. The minimum atomic E-state index is -0.619. The maximum atomic E-state index is 12.2. The Kier molecular flexibility index (Phi) is 5.69. The first-order valence-electron chi connectivity index (χ1n) is 8.53. The maximum Gasteiger partial charge on any atom is 0.312 e. The molecule has 0 unspecified atom stereocenters. The number of esters is 1. The number of anilines is 1. The minimum Gasteiger partial charge on any atom is -0.495 e. The third-order valence-electron chi connectivity index (χ3n) is 4.09. The second kappa shape index (κ2) is 8.34. The monoisotopic (exact) mass is 381 g/mol. The molecule has 144 valence electrons. The molecule has 0 radical (unpaired) electrons. The van der Waals surface area contributed by atoms with Crippen LogP contribution in [-0.4, -0.2) is 35.4 Å². The molecule has 0 saturated carbocycles. The van der Waals surface area contributed by atoms with E-state index in [1.54, 1.807) is 48.5 Å². The third kappa shape index (κ3) is 4.17. The van der Waals surface area contributed by atoms with E-state index in [-0.39, 0.29) is 12.0 Å². The molecule has 0 fully saturated rings. The summed E-state index contributed by atoms with van der Waals surface area (Å²) in [6.07, 6.45) is -0.156. The van der Waals surface area contributed by atoms with Crippen LogP contribution in [0.5, 0.6) is 5.75 Å². The lowest BCUT2D eigenvalue weighted by Crippen LogP contribution is -2.24. The molecule has 0 aliphatic carbocycles. The molecular formula is C20H19N3O5. The van der Waals surface area contributed by atoms with Crippen molar-refractivity contribution in [1.82, 2.24) is 9.78 Å². The average molecular weight is 381 g/mol. The Bertz CT molecular complexity index is 1090. The molecule has 1 heterocycles. The number of hydrogen-bond donors (Lipinski definition) is 1. The van der Waals surface area contributed by atoms with Gasteiger partial charge in [-0.25, -0.2) is 4.68 Å². The minimum absolute atomic E-state index is 0.156. The van der Waals surface area contributed by atoms with E-state index in [1.165, 1.54) is 18.8 Å². The molecule has 0 bridgehead atoms. The van der Waals surface area contributed by atoms with Gasteiger partial charge in [-0.3, -0.25) is 14.4 Å². The van der Waals surface area contributed by atoms with Gasteiger partial charge in [-0.2, -0.15) is 5.10 Å². The molecule has 28 heavy (non-hydrogen) atoms. The molecule has 1 aromatic heterocycles. The highest BCUT2D eigenvalue weighted by Gasteiger charge is 2.15. The van der Waals surface area contributed by atoms with Gasteiger partial charge in [0.25, 0.3) is 11.5 Å². The van der Waals surface area contributed by atoms with Crippen LogP contribution in [0.4, 0.5) is 5.69 Å². The summed E-state index contributed by atoms with van der Waals surface area (Å²) in [5.41, 5.74) is 0.647. The summed E-state index contributed by atoms with van der Waals surface area (Å²) in [7, 11) is 3.01. The number of methoxy groups -OCH3 is 1. The first-order chi connectivity index (χ1) is 13.5. The fraction of sp³-hybridized carbons (Fsp3) is 0.200. The Morgan fingerprint density at radius 1 is 1.07 bits per heavy atom. The summed E-state index contributed by atoms with van der Waals surface area (Å²) < 4.78 is 11.4. The van der Waals surface area contributed by atoms with Crippen molar-refractivity contribution < 1.29 is 19.1 Å². The van der Waals surface area contributed by atoms with Crippen LogP contribution in [-0.2, 0) is 27.8 Å². The zero-order valence-corrected chi connectivity index (χ0v) is 15.5. The van der Waals surface area contributed by atoms with E-state index >= 15 is 0 Å². The number of ether oxygens (including phenoxy) is 2. The van der Waals surface area contributed by atoms with Crippen LogP contribution in [0.25, 0.3) is 10.8 Å². The predicted octanol–water partition coefficient (Wildman–Crippen LogP) is 1.67. The predicted molar refractivity (Wildman–Crippen MR) is 103 cm³/mol. The summed E-state index contributed by atoms with van der Waals surface area (Å²) in [5, 5.41) is 7.82. The van der Waals surface area contributed by atoms with Crippen molar-refractivity contribution in [2.75, 3.05) is 19.0 Å². The number of para-hydroxylation sites is 2. The summed E-state index contributed by atoms with van der Waals surface area (Å²) in [5.74, 6) is -0.606. The van der Waals surface area contributed by atoms with Crippen LogP contribution in [0, 0.1) is 0 Å². The van der Waals surface area contributed by atoms with Crippen molar-refractivity contribution in [2.24, 2.45) is 7.05 Å². The van der Waals surface area contributed by atoms with Gasteiger partial charge >= 0.3 is 5.97 Å². The van der Waals surface area contributed by atoms with Gasteiger partial charge < -0.3 is 14.8 Å². The Morgan fingerprint density at radius 2 is 1.75 bits per heavy atom. The number of rotatable bonds is 6. The molecule has 3 aromatic rings. The van der Waals surface area contributed by atoms with Crippen LogP contribution < -0.4 is 15.6 Å². The fourth-order valence-electron chi connectivity index (χ4n) is 2.77. The average Bonchev–Trinajstić information content (AvgIpc) is 2.71. The van der Waals surface area contributed by atoms with E-state index in [1.807, 2.05) is 0 Å². The number of amides is 1. The maximum absolute atomic E-state index is 12.2. The number of carbonyl (C=O) groups excluding carboxylic acids is 2. The number of benzene rings is 2. The highest BCUT2D eigenvalue weighted by molar-refractivity contribution is 5.94. The lowest BCUT2D eigenvalue weighted by atomic mass is 10.1. The van der Waals surface area contributed by atoms with Crippen LogP contribution in [0.1, 0.15) is 5.69 Å². The number of nitrogens with zero attached hydrogens (tertiary/aromatic N) is 2. The molecule has 0 aliphatic heterocycles. The third-order valence-corrected chi connectivity index (χ3v) is 4.09. The zero-order chi connectivity index (χ0) is 20.1. The van der Waals surface area contributed by atoms with Crippen molar-refractivity contribution in [1.29, 1.82) is 0 Å². The largest absolute Gasteiger partial charge is 0.495 e. The molecule has 0 atom stereocenters. The molecular weight excluding hydrogens is 362 g/mol. The summed E-state index contributed by atoms with van der Waals surface area (Å²) in [4.78, 5) is 36.4. The van der Waals surface area contributed by atoms with Gasteiger partial charge in [0.15, 0.2) is 6.61 Å². The number of aryl methyl sites for hydroxylation is 1. The summed E-state index contributed by atoms with van der Waals surface area (Å²) in [6.45, 7) is -0.444. The van der Waals surface area contributed by atoms with Gasteiger partial charge in [0, 0.05) is 12.4 Å². The lowest BCUT2D eigenvalue weighted by Gasteiger charge is -2.10. The number of carbonyl (C=O) groups is 2. The molecule has 8 nitrogen and oxygen atoms in total. The Hall–Kier alpha value is -3.68. The highest BCUT2D eigenvalue weighted by Crippen LogP contribution is 2.22. The van der Waals surface area contributed by atoms with Crippen molar-refractivity contribution in [3.8, 4) is 5.75 Å². The quantitative estimate of drug-likeness (QED) is 0.652. The SMILES string of the molecule is COc1ccccc1NC(=O)COC(=O)Cc1nn(C)c(=O)c2ccccc12. The van der Waals surface area contributed by atoms with E-state index in [0.717, 1.165) is 0 Å². The van der Waals surface area contributed by atoms with Gasteiger partial charge in [-0.15, -0.1) is 0 Å². The van der Waals surface area contributed by atoms with Gasteiger partial charge in [-0.05, 0) is 18.2 Å². The van der Waals surface area contributed by atoms with E-state index < -0.39 is 18.5 Å². The van der Waals surface area contributed by atoms with Crippen LogP contribution in [0.15, 0.2) is 53.3 Å². The van der Waals surface area contributed by atoms with Crippen LogP contribution >= 0.6 is 0 Å². The summed E-state index contributed by atoms with van der Waals surface area (Å²) in [6, 6.07) is 13.8. The molecule has 3 rings (SSSR count). The van der Waals surface area contributed by atoms with E-state index in [4.69, 9.17) is 9.47 Å². The topological polar surface area (TPSA) is 99.5 Å². The molecule has 1 amide bonds. The van der Waals surface area contributed by atoms with Gasteiger partial charge in [0.05, 0.1) is 30.3 Å². The molecule has 2 aromatic carbocycles. The fourth-order valence-corrected chi connectivity index (χ4v) is 2.77. The number of aromatic nitrogens is 2. The summed E-state index contributed by atoms with van der Waals surface area (Å²) >= 11 is 0.